The molecule has 0 radical (unpaired) electrons. The summed E-state index contributed by atoms with van der Waals surface area (Å²) in [5.74, 6) is 0.787. The lowest BCUT2D eigenvalue weighted by Gasteiger charge is -2.04. The van der Waals surface area contributed by atoms with Gasteiger partial charge in [0.05, 0.1) is 15.4 Å². The molecule has 0 unspecified atom stereocenters. The molecule has 2 heterocycles. The van der Waals surface area contributed by atoms with Gasteiger partial charge < -0.3 is 5.32 Å². The van der Waals surface area contributed by atoms with Crippen LogP contribution in [0.3, 0.4) is 0 Å². The highest BCUT2D eigenvalue weighted by atomic mass is 79.9. The van der Waals surface area contributed by atoms with Crippen LogP contribution in [0.4, 0.5) is 5.82 Å². The molecule has 0 fully saturated rings. The molecule has 0 saturated heterocycles. The van der Waals surface area contributed by atoms with Crippen molar-refractivity contribution in [1.29, 1.82) is 0 Å². The number of halogens is 2. The molecule has 2 rings (SSSR count). The predicted molar refractivity (Wildman–Crippen MR) is 66.4 cm³/mol. The van der Waals surface area contributed by atoms with E-state index in [4.69, 9.17) is 11.6 Å². The molecule has 0 aromatic carbocycles. The van der Waals surface area contributed by atoms with Gasteiger partial charge >= 0.3 is 0 Å². The molecule has 0 aliphatic rings. The smallest absolute Gasteiger partial charge is 0.144 e. The fraction of sp³-hybridized carbons (Fsp3) is 0.111. The lowest BCUT2D eigenvalue weighted by Crippen LogP contribution is -2.00. The van der Waals surface area contributed by atoms with Gasteiger partial charge in [0.2, 0.25) is 0 Å². The van der Waals surface area contributed by atoms with E-state index < -0.39 is 0 Å². The second kappa shape index (κ2) is 4.92. The minimum atomic E-state index is 0.715. The molecular weight excluding hydrogens is 298 g/mol. The fourth-order valence-corrected chi connectivity index (χ4v) is 2.45. The van der Waals surface area contributed by atoms with E-state index in [-0.39, 0.29) is 0 Å². The third kappa shape index (κ3) is 2.90. The summed E-state index contributed by atoms with van der Waals surface area (Å²) in [7, 11) is 0. The summed E-state index contributed by atoms with van der Waals surface area (Å²) in [4.78, 5) is 9.16. The average Bonchev–Trinajstić information content (AvgIpc) is 2.63. The summed E-state index contributed by atoms with van der Waals surface area (Å²) in [5.41, 5.74) is 0. The zero-order chi connectivity index (χ0) is 10.7. The molecule has 0 aliphatic heterocycles. The average molecular weight is 305 g/mol. The van der Waals surface area contributed by atoms with Crippen LogP contribution in [0.15, 0.2) is 29.1 Å². The van der Waals surface area contributed by atoms with Gasteiger partial charge in [-0.1, -0.05) is 11.6 Å². The molecule has 2 aromatic rings. The first-order valence-corrected chi connectivity index (χ1v) is 6.18. The van der Waals surface area contributed by atoms with Crippen molar-refractivity contribution in [3.63, 3.8) is 0 Å². The first kappa shape index (κ1) is 10.9. The Morgan fingerprint density at radius 3 is 3.00 bits per heavy atom. The standard InChI is InChI=1S/C9H7BrClN3S/c10-7-4-12-5-14-9(7)13-3-6-1-2-8(11)15-6/h1-2,4-5H,3H2,(H,12,13,14). The van der Waals surface area contributed by atoms with Crippen molar-refractivity contribution in [1.82, 2.24) is 9.97 Å². The van der Waals surface area contributed by atoms with Crippen LogP contribution in [-0.4, -0.2) is 9.97 Å². The van der Waals surface area contributed by atoms with Crippen molar-refractivity contribution < 1.29 is 0 Å². The number of nitrogens with one attached hydrogen (secondary N) is 1. The van der Waals surface area contributed by atoms with Crippen molar-refractivity contribution in [3.8, 4) is 0 Å². The molecule has 0 aliphatic carbocycles. The first-order chi connectivity index (χ1) is 7.25. The number of anilines is 1. The van der Waals surface area contributed by atoms with Crippen molar-refractivity contribution in [2.75, 3.05) is 5.32 Å². The van der Waals surface area contributed by atoms with Crippen LogP contribution in [0, 0.1) is 0 Å². The Bertz CT molecular complexity index is 460. The third-order valence-electron chi connectivity index (χ3n) is 1.73. The molecule has 15 heavy (non-hydrogen) atoms. The lowest BCUT2D eigenvalue weighted by atomic mass is 10.4. The van der Waals surface area contributed by atoms with Gasteiger partial charge in [0.1, 0.15) is 12.1 Å². The molecule has 1 N–H and O–H groups in total. The number of hydrogen-bond acceptors (Lipinski definition) is 4. The van der Waals surface area contributed by atoms with E-state index in [2.05, 4.69) is 31.2 Å². The van der Waals surface area contributed by atoms with E-state index >= 15 is 0 Å². The predicted octanol–water partition coefficient (Wildman–Crippen LogP) is 3.57. The van der Waals surface area contributed by atoms with Crippen LogP contribution in [0.2, 0.25) is 4.34 Å². The van der Waals surface area contributed by atoms with Crippen LogP contribution in [-0.2, 0) is 6.54 Å². The summed E-state index contributed by atoms with van der Waals surface area (Å²) >= 11 is 10.8. The minimum Gasteiger partial charge on any atom is -0.364 e. The summed E-state index contributed by atoms with van der Waals surface area (Å²) in [6.07, 6.45) is 3.21. The van der Waals surface area contributed by atoms with Gasteiger partial charge in [0.25, 0.3) is 0 Å². The Morgan fingerprint density at radius 1 is 1.47 bits per heavy atom. The fourth-order valence-electron chi connectivity index (χ4n) is 1.06. The van der Waals surface area contributed by atoms with Crippen LogP contribution in [0.5, 0.6) is 0 Å². The van der Waals surface area contributed by atoms with Gasteiger partial charge in [-0.3, -0.25) is 0 Å². The maximum Gasteiger partial charge on any atom is 0.144 e. The molecule has 3 nitrogen and oxygen atoms in total. The van der Waals surface area contributed by atoms with E-state index in [0.29, 0.717) is 6.54 Å². The maximum absolute atomic E-state index is 5.83. The number of hydrogen-bond donors (Lipinski definition) is 1. The Kier molecular flexibility index (Phi) is 3.56. The highest BCUT2D eigenvalue weighted by Crippen LogP contribution is 2.23. The normalized spacial score (nSPS) is 10.3. The van der Waals surface area contributed by atoms with Gasteiger partial charge in [0, 0.05) is 11.1 Å². The molecule has 0 saturated carbocycles. The first-order valence-electron chi connectivity index (χ1n) is 4.19. The molecule has 0 bridgehead atoms. The van der Waals surface area contributed by atoms with Crippen molar-refractivity contribution in [3.05, 3.63) is 38.3 Å². The highest BCUT2D eigenvalue weighted by Gasteiger charge is 2.01. The maximum atomic E-state index is 5.83. The molecule has 2 aromatic heterocycles. The van der Waals surface area contributed by atoms with E-state index in [0.717, 1.165) is 14.6 Å². The van der Waals surface area contributed by atoms with Gasteiger partial charge in [-0.25, -0.2) is 9.97 Å². The molecule has 0 atom stereocenters. The second-order valence-electron chi connectivity index (χ2n) is 2.78. The SMILES string of the molecule is Clc1ccc(CNc2ncncc2Br)s1. The minimum absolute atomic E-state index is 0.715. The Labute approximate surface area is 105 Å². The van der Waals surface area contributed by atoms with Gasteiger partial charge in [-0.15, -0.1) is 11.3 Å². The van der Waals surface area contributed by atoms with Crippen molar-refractivity contribution in [2.45, 2.75) is 6.54 Å². The van der Waals surface area contributed by atoms with Crippen LogP contribution in [0.1, 0.15) is 4.88 Å². The Hall–Kier alpha value is -0.650. The number of aromatic nitrogens is 2. The van der Waals surface area contributed by atoms with Gasteiger partial charge in [-0.05, 0) is 28.1 Å². The van der Waals surface area contributed by atoms with E-state index in [1.807, 2.05) is 12.1 Å². The summed E-state index contributed by atoms with van der Waals surface area (Å²) < 4.78 is 1.65. The van der Waals surface area contributed by atoms with Crippen LogP contribution in [0.25, 0.3) is 0 Å². The van der Waals surface area contributed by atoms with E-state index in [9.17, 15) is 0 Å². The summed E-state index contributed by atoms with van der Waals surface area (Å²) in [6, 6.07) is 3.88. The van der Waals surface area contributed by atoms with Crippen molar-refractivity contribution in [2.24, 2.45) is 0 Å². The molecule has 78 valence electrons. The van der Waals surface area contributed by atoms with Gasteiger partial charge in [-0.2, -0.15) is 0 Å². The largest absolute Gasteiger partial charge is 0.364 e. The molecule has 0 amide bonds. The molecular formula is C9H7BrClN3S. The number of rotatable bonds is 3. The van der Waals surface area contributed by atoms with Gasteiger partial charge in [0.15, 0.2) is 0 Å². The van der Waals surface area contributed by atoms with Crippen LogP contribution < -0.4 is 5.32 Å². The van der Waals surface area contributed by atoms with Crippen molar-refractivity contribution >= 4 is 44.7 Å². The zero-order valence-corrected chi connectivity index (χ0v) is 10.7. The third-order valence-corrected chi connectivity index (χ3v) is 3.54. The molecule has 0 spiro atoms. The zero-order valence-electron chi connectivity index (χ0n) is 7.58. The molecule has 6 heteroatoms. The topological polar surface area (TPSA) is 37.8 Å². The Morgan fingerprint density at radius 2 is 2.33 bits per heavy atom. The van der Waals surface area contributed by atoms with E-state index in [1.165, 1.54) is 11.2 Å². The lowest BCUT2D eigenvalue weighted by molar-refractivity contribution is 1.09. The van der Waals surface area contributed by atoms with E-state index in [1.54, 1.807) is 17.5 Å². The number of thiophene rings is 1. The summed E-state index contributed by atoms with van der Waals surface area (Å²) in [6.45, 7) is 0.715. The highest BCUT2D eigenvalue weighted by molar-refractivity contribution is 9.10. The Balaban J connectivity index is 2.02. The van der Waals surface area contributed by atoms with Crippen LogP contribution >= 0.6 is 38.9 Å². The quantitative estimate of drug-likeness (QED) is 0.942. The summed E-state index contributed by atoms with van der Waals surface area (Å²) in [5, 5.41) is 3.20. The number of nitrogens with zero attached hydrogens (tertiary/aromatic N) is 2. The monoisotopic (exact) mass is 303 g/mol. The second-order valence-corrected chi connectivity index (χ2v) is 5.43.